The molecule has 0 amide bonds. The Bertz CT molecular complexity index is 1100. The summed E-state index contributed by atoms with van der Waals surface area (Å²) in [7, 11) is -5.42. The van der Waals surface area contributed by atoms with Gasteiger partial charge in [-0.1, -0.05) is 96.8 Å². The van der Waals surface area contributed by atoms with E-state index in [9.17, 15) is 9.90 Å². The van der Waals surface area contributed by atoms with Crippen molar-refractivity contribution in [2.24, 2.45) is 11.8 Å². The van der Waals surface area contributed by atoms with E-state index in [2.05, 4.69) is 92.5 Å². The average molecular weight is 635 g/mol. The summed E-state index contributed by atoms with van der Waals surface area (Å²) < 4.78 is 20.3. The van der Waals surface area contributed by atoms with Crippen LogP contribution in [0, 0.1) is 11.8 Å². The molecule has 0 bridgehead atoms. The van der Waals surface area contributed by atoms with Gasteiger partial charge in [0, 0.05) is 6.08 Å². The number of carbonyl (C=O) groups is 1. The van der Waals surface area contributed by atoms with Crippen molar-refractivity contribution in [3.8, 4) is 5.75 Å². The standard InChI is InChI=1S/C34H55ClO5Si2/c1-12-13-20-27-22-19-23-28(27)21-17-18-26-33(39-41(8,9)31(2,3)4,40-42(10,11)32(5,6)7)34(35,30(36)37)38-29-24-15-14-16-25-29/h13-17,20,24-28H,12,19,21-23H2,1-11H3,(H,36,37)/b20-13+/t18?,27-,28-,34?/m0/s1/i39+0,40+0. The van der Waals surface area contributed by atoms with E-state index < -0.39 is 33.5 Å². The van der Waals surface area contributed by atoms with Crippen LogP contribution in [0.2, 0.25) is 36.3 Å². The lowest BCUT2D eigenvalue weighted by Crippen LogP contribution is -2.68. The second-order valence-corrected chi connectivity index (χ2v) is 24.6. The van der Waals surface area contributed by atoms with Gasteiger partial charge in [-0.15, -0.1) is 5.73 Å². The lowest BCUT2D eigenvalue weighted by atomic mass is 9.92. The number of hydrogen-bond acceptors (Lipinski definition) is 4. The lowest BCUT2D eigenvalue weighted by Gasteiger charge is -2.52. The molecule has 1 fully saturated rings. The zero-order chi connectivity index (χ0) is 32.0. The topological polar surface area (TPSA) is 65.0 Å². The summed E-state index contributed by atoms with van der Waals surface area (Å²) >= 11 is 7.21. The highest BCUT2D eigenvalue weighted by Crippen LogP contribution is 2.50. The molecule has 1 aliphatic rings. The summed E-state index contributed by atoms with van der Waals surface area (Å²) in [6.45, 7) is 23.1. The maximum atomic E-state index is 13.3. The predicted molar refractivity (Wildman–Crippen MR) is 180 cm³/mol. The molecule has 1 aromatic carbocycles. The van der Waals surface area contributed by atoms with E-state index in [1.165, 1.54) is 12.8 Å². The van der Waals surface area contributed by atoms with Crippen molar-refractivity contribution >= 4 is 34.2 Å². The Labute approximate surface area is 262 Å². The highest BCUT2D eigenvalue weighted by atomic mass is 35.5. The second kappa shape index (κ2) is 14.0. The molecule has 1 aliphatic carbocycles. The van der Waals surface area contributed by atoms with Crippen LogP contribution in [-0.4, -0.2) is 38.6 Å². The van der Waals surface area contributed by atoms with Crippen LogP contribution in [0.15, 0.2) is 60.4 Å². The number of allylic oxidation sites excluding steroid dienone is 2. The van der Waals surface area contributed by atoms with Crippen LogP contribution in [-0.2, 0) is 13.6 Å². The molecule has 42 heavy (non-hydrogen) atoms. The Morgan fingerprint density at radius 1 is 1.00 bits per heavy atom. The van der Waals surface area contributed by atoms with Gasteiger partial charge in [0.05, 0.1) is 0 Å². The van der Waals surface area contributed by atoms with Crippen LogP contribution < -0.4 is 4.74 Å². The fourth-order valence-corrected chi connectivity index (χ4v) is 7.64. The maximum absolute atomic E-state index is 13.3. The minimum absolute atomic E-state index is 0.266. The summed E-state index contributed by atoms with van der Waals surface area (Å²) in [5.74, 6) is -1.97. The summed E-state index contributed by atoms with van der Waals surface area (Å²) in [5, 5.41) is 7.86. The van der Waals surface area contributed by atoms with E-state index >= 15 is 0 Å². The zero-order valence-electron chi connectivity index (χ0n) is 27.8. The smallest absolute Gasteiger partial charge is 0.370 e. The minimum atomic E-state index is -2.71. The van der Waals surface area contributed by atoms with Crippen molar-refractivity contribution in [2.75, 3.05) is 0 Å². The zero-order valence-corrected chi connectivity index (χ0v) is 30.6. The summed E-state index contributed by atoms with van der Waals surface area (Å²) in [4.78, 5) is 13.3. The highest BCUT2D eigenvalue weighted by Gasteiger charge is 2.65. The number of alkyl halides is 1. The first-order chi connectivity index (χ1) is 19.2. The molecule has 1 unspecified atom stereocenters. The molecule has 3 atom stereocenters. The van der Waals surface area contributed by atoms with Gasteiger partial charge in [0.25, 0.3) is 0 Å². The largest absolute Gasteiger partial charge is 0.477 e. The number of halogens is 1. The Balaban J connectivity index is 2.79. The van der Waals surface area contributed by atoms with Crippen molar-refractivity contribution < 1.29 is 23.5 Å². The molecule has 0 saturated heterocycles. The molecule has 1 N–H and O–H groups in total. The van der Waals surface area contributed by atoms with Gasteiger partial charge < -0.3 is 18.7 Å². The van der Waals surface area contributed by atoms with Gasteiger partial charge in [-0.25, -0.2) is 4.79 Å². The normalized spacial score (nSPS) is 20.2. The Morgan fingerprint density at radius 2 is 1.55 bits per heavy atom. The summed E-state index contributed by atoms with van der Waals surface area (Å²) in [6.07, 6.45) is 13.6. The van der Waals surface area contributed by atoms with Gasteiger partial charge in [-0.05, 0) is 92.0 Å². The van der Waals surface area contributed by atoms with Crippen molar-refractivity contribution in [2.45, 2.75) is 128 Å². The molecular formula is C34H55ClO5Si2. The number of rotatable bonds is 13. The molecule has 236 valence electrons. The van der Waals surface area contributed by atoms with Crippen LogP contribution in [0.4, 0.5) is 0 Å². The molecule has 0 aliphatic heterocycles. The van der Waals surface area contributed by atoms with E-state index in [0.29, 0.717) is 17.6 Å². The predicted octanol–water partition coefficient (Wildman–Crippen LogP) is 10.3. The van der Waals surface area contributed by atoms with Gasteiger partial charge in [-0.3, -0.25) is 0 Å². The van der Waals surface area contributed by atoms with Gasteiger partial charge in [0.1, 0.15) is 5.75 Å². The number of carboxylic acid groups (broad SMARTS) is 1. The maximum Gasteiger partial charge on any atom is 0.370 e. The lowest BCUT2D eigenvalue weighted by molar-refractivity contribution is -0.197. The fraction of sp³-hybridized carbons (Fsp3) is 0.647. The Morgan fingerprint density at radius 3 is 2.02 bits per heavy atom. The van der Waals surface area contributed by atoms with Gasteiger partial charge in [-0.2, -0.15) is 0 Å². The van der Waals surface area contributed by atoms with Crippen LogP contribution in [0.1, 0.15) is 80.6 Å². The molecule has 0 heterocycles. The summed E-state index contributed by atoms with van der Waals surface area (Å²) in [5.41, 5.74) is 3.32. The van der Waals surface area contributed by atoms with Crippen LogP contribution in [0.5, 0.6) is 5.75 Å². The first kappa shape index (κ1) is 36.6. The van der Waals surface area contributed by atoms with Gasteiger partial charge in [0.2, 0.25) is 5.79 Å². The monoisotopic (exact) mass is 634 g/mol. The number of hydrogen-bond donors (Lipinski definition) is 1. The molecular weight excluding hydrogens is 580 g/mol. The second-order valence-electron chi connectivity index (χ2n) is 14.6. The number of carboxylic acids is 1. The van der Waals surface area contributed by atoms with E-state index in [1.807, 2.05) is 12.1 Å². The minimum Gasteiger partial charge on any atom is -0.477 e. The fourth-order valence-electron chi connectivity index (χ4n) is 4.59. The third kappa shape index (κ3) is 8.74. The Hall–Kier alpha value is -1.61. The quantitative estimate of drug-likeness (QED) is 0.0769. The van der Waals surface area contributed by atoms with Crippen molar-refractivity contribution in [3.05, 3.63) is 60.4 Å². The Kier molecular flexibility index (Phi) is 12.2. The van der Waals surface area contributed by atoms with Crippen LogP contribution >= 0.6 is 11.6 Å². The molecule has 2 rings (SSSR count). The first-order valence-corrected chi connectivity index (χ1v) is 21.6. The number of benzene rings is 1. The van der Waals surface area contributed by atoms with Gasteiger partial charge >= 0.3 is 11.0 Å². The molecule has 0 aromatic heterocycles. The molecule has 0 radical (unpaired) electrons. The van der Waals surface area contributed by atoms with Crippen molar-refractivity contribution in [3.63, 3.8) is 0 Å². The molecule has 1 saturated carbocycles. The average Bonchev–Trinajstić information content (AvgIpc) is 3.31. The molecule has 5 nitrogen and oxygen atoms in total. The van der Waals surface area contributed by atoms with E-state index in [-0.39, 0.29) is 10.1 Å². The number of ether oxygens (including phenoxy) is 1. The third-order valence-corrected chi connectivity index (χ3v) is 18.7. The van der Waals surface area contributed by atoms with Crippen molar-refractivity contribution in [1.29, 1.82) is 0 Å². The summed E-state index contributed by atoms with van der Waals surface area (Å²) in [6, 6.07) is 8.77. The van der Waals surface area contributed by atoms with E-state index in [0.717, 1.165) is 19.3 Å². The third-order valence-electron chi connectivity index (χ3n) is 9.30. The van der Waals surface area contributed by atoms with Crippen LogP contribution in [0.3, 0.4) is 0 Å². The molecule has 1 aromatic rings. The highest BCUT2D eigenvalue weighted by molar-refractivity contribution is 6.75. The SMILES string of the molecule is CC/C=C/[C@H]1CCC[C@@H]1CC=C=CC([16O][Si](C)(C)C(C)(C)C)([16O][Si](C)(C)C(C)(C)C)C(Cl)(Oc1ccccc1)C(=O)O. The van der Waals surface area contributed by atoms with Gasteiger partial charge in [0.15, 0.2) is 16.6 Å². The molecule has 8 heteroatoms. The number of para-hydroxylation sites is 1. The van der Waals surface area contributed by atoms with E-state index in [1.54, 1.807) is 30.3 Å². The van der Waals surface area contributed by atoms with E-state index in [4.69, 9.17) is 25.2 Å². The number of aliphatic carboxylic acids is 1. The molecule has 0 spiro atoms. The first-order valence-electron chi connectivity index (χ1n) is 15.4. The van der Waals surface area contributed by atoms with Crippen LogP contribution in [0.25, 0.3) is 0 Å². The van der Waals surface area contributed by atoms with Crippen molar-refractivity contribution in [1.82, 2.24) is 0 Å².